The molecule has 0 bridgehead atoms. The maximum Gasteiger partial charge on any atom is 0.341 e. The van der Waals surface area contributed by atoms with Crippen LogP contribution in [0.4, 0.5) is 4.39 Å². The van der Waals surface area contributed by atoms with Gasteiger partial charge in [0, 0.05) is 11.5 Å². The predicted molar refractivity (Wildman–Crippen MR) is 119 cm³/mol. The van der Waals surface area contributed by atoms with Gasteiger partial charge in [0.15, 0.2) is 0 Å². The lowest BCUT2D eigenvalue weighted by Gasteiger charge is -2.33. The molecule has 8 heteroatoms. The number of hydrogen-bond acceptors (Lipinski definition) is 6. The molecule has 1 heterocycles. The Balaban J connectivity index is 0.000000592. The molecule has 2 rings (SSSR count). The average molecular weight is 460 g/mol. The van der Waals surface area contributed by atoms with Gasteiger partial charge in [-0.1, -0.05) is 18.5 Å². The lowest BCUT2D eigenvalue weighted by atomic mass is 9.82. The van der Waals surface area contributed by atoms with Crippen LogP contribution in [0, 0.1) is 11.2 Å². The number of benzene rings is 1. The van der Waals surface area contributed by atoms with Crippen molar-refractivity contribution in [3.05, 3.63) is 28.5 Å². The van der Waals surface area contributed by atoms with Gasteiger partial charge in [0.25, 0.3) is 6.47 Å². The van der Waals surface area contributed by atoms with Crippen LogP contribution in [-0.2, 0) is 14.3 Å². The average Bonchev–Trinajstić information content (AvgIpc) is 2.61. The first-order valence-electron chi connectivity index (χ1n) is 10.3. The Kier molecular flexibility index (Phi) is 9.76. The molecule has 31 heavy (non-hydrogen) atoms. The number of esters is 1. The van der Waals surface area contributed by atoms with E-state index in [4.69, 9.17) is 21.1 Å². The van der Waals surface area contributed by atoms with Gasteiger partial charge in [-0.05, 0) is 73.5 Å². The first kappa shape index (κ1) is 27.2. The summed E-state index contributed by atoms with van der Waals surface area (Å²) < 4.78 is 29.7. The van der Waals surface area contributed by atoms with Gasteiger partial charge in [0.1, 0.15) is 22.8 Å². The Hall–Kier alpha value is -1.86. The van der Waals surface area contributed by atoms with E-state index in [2.05, 4.69) is 17.0 Å². The van der Waals surface area contributed by atoms with Crippen LogP contribution >= 0.6 is 11.6 Å². The van der Waals surface area contributed by atoms with Crippen molar-refractivity contribution in [1.82, 2.24) is 5.32 Å². The molecule has 1 fully saturated rings. The molecule has 0 atom stereocenters. The van der Waals surface area contributed by atoms with Crippen molar-refractivity contribution in [3.8, 4) is 5.75 Å². The maximum atomic E-state index is 14.3. The third kappa shape index (κ3) is 10.3. The molecule has 0 unspecified atom stereocenters. The minimum atomic E-state index is -0.737. The van der Waals surface area contributed by atoms with Gasteiger partial charge in [0.2, 0.25) is 0 Å². The number of piperidine rings is 1. The van der Waals surface area contributed by atoms with Crippen molar-refractivity contribution >= 4 is 24.0 Å². The molecule has 0 saturated carbocycles. The van der Waals surface area contributed by atoms with Crippen LogP contribution in [0.15, 0.2) is 12.1 Å². The Labute approximate surface area is 189 Å². The van der Waals surface area contributed by atoms with Crippen LogP contribution in [0.1, 0.15) is 71.7 Å². The van der Waals surface area contributed by atoms with E-state index in [-0.39, 0.29) is 27.4 Å². The molecule has 1 aromatic carbocycles. The largest absolute Gasteiger partial charge is 0.491 e. The topological polar surface area (TPSA) is 73.9 Å². The Morgan fingerprint density at radius 1 is 1.16 bits per heavy atom. The van der Waals surface area contributed by atoms with Crippen molar-refractivity contribution in [2.24, 2.45) is 5.41 Å². The van der Waals surface area contributed by atoms with E-state index >= 15 is 0 Å². The molecular weight excluding hydrogens is 425 g/mol. The zero-order valence-electron chi connectivity index (χ0n) is 19.6. The van der Waals surface area contributed by atoms with Gasteiger partial charge in [-0.25, -0.2) is 9.18 Å². The van der Waals surface area contributed by atoms with Gasteiger partial charge >= 0.3 is 5.97 Å². The fourth-order valence-electron chi connectivity index (χ4n) is 2.70. The number of carbonyl (C=O) groups excluding carboxylic acids is 2. The third-order valence-electron chi connectivity index (χ3n) is 4.43. The molecule has 1 saturated heterocycles. The third-order valence-corrected chi connectivity index (χ3v) is 4.72. The number of nitrogens with one attached hydrogen (secondary N) is 1. The van der Waals surface area contributed by atoms with Gasteiger partial charge in [0.05, 0.1) is 17.2 Å². The van der Waals surface area contributed by atoms with Gasteiger partial charge in [-0.3, -0.25) is 4.79 Å². The first-order chi connectivity index (χ1) is 14.2. The molecule has 0 aliphatic carbocycles. The van der Waals surface area contributed by atoms with Gasteiger partial charge in [-0.15, -0.1) is 0 Å². The molecular formula is C23H35ClFNO5. The number of carbonyl (C=O) groups is 2. The Bertz CT molecular complexity index is 750. The molecule has 0 aromatic heterocycles. The smallest absolute Gasteiger partial charge is 0.341 e. The van der Waals surface area contributed by atoms with Crippen LogP contribution < -0.4 is 10.1 Å². The molecule has 1 aliphatic heterocycles. The summed E-state index contributed by atoms with van der Waals surface area (Å²) in [6.07, 6.45) is 1.98. The van der Waals surface area contributed by atoms with E-state index in [0.29, 0.717) is 13.1 Å². The molecule has 6 nitrogen and oxygen atoms in total. The summed E-state index contributed by atoms with van der Waals surface area (Å²) in [4.78, 5) is 21.6. The lowest BCUT2D eigenvalue weighted by Crippen LogP contribution is -2.38. The number of hydrogen-bond donors (Lipinski definition) is 1. The van der Waals surface area contributed by atoms with Crippen LogP contribution in [0.3, 0.4) is 0 Å². The Morgan fingerprint density at radius 3 is 2.19 bits per heavy atom. The molecule has 0 radical (unpaired) electrons. The minimum absolute atomic E-state index is 0.0366. The molecule has 0 spiro atoms. The summed E-state index contributed by atoms with van der Waals surface area (Å²) in [5, 5.41) is 3.51. The summed E-state index contributed by atoms with van der Waals surface area (Å²) in [6.45, 7) is 15.6. The van der Waals surface area contributed by atoms with Crippen LogP contribution in [-0.4, -0.2) is 43.3 Å². The van der Waals surface area contributed by atoms with Crippen molar-refractivity contribution in [2.45, 2.75) is 72.5 Å². The molecule has 1 N–H and O–H groups in total. The van der Waals surface area contributed by atoms with Gasteiger partial charge in [-0.2, -0.15) is 0 Å². The second kappa shape index (κ2) is 11.1. The highest BCUT2D eigenvalue weighted by Crippen LogP contribution is 2.33. The van der Waals surface area contributed by atoms with Crippen molar-refractivity contribution in [3.63, 3.8) is 0 Å². The normalized spacial score (nSPS) is 15.9. The van der Waals surface area contributed by atoms with Crippen LogP contribution in [0.25, 0.3) is 0 Å². The SMILES string of the molecule is CC(C)(C)OC=O.CC1(COc2cc(F)c(C(=O)OC(C)(C)C)cc2Cl)CCNCC1. The predicted octanol–water partition coefficient (Wildman–Crippen LogP) is 5.16. The standard InChI is InChI=1S/C18H25ClFNO3.C5H10O2/c1-17(2,3)24-16(22)12-9-13(19)15(10-14(12)20)23-11-18(4)5-7-21-8-6-18;1-5(2,3)7-4-6/h9-10,21H,5-8,11H2,1-4H3;4H,1-3H3. The quantitative estimate of drug-likeness (QED) is 0.484. The second-order valence-corrected chi connectivity index (χ2v) is 10.3. The highest BCUT2D eigenvalue weighted by molar-refractivity contribution is 6.32. The zero-order valence-corrected chi connectivity index (χ0v) is 20.3. The number of ether oxygens (including phenoxy) is 3. The summed E-state index contributed by atoms with van der Waals surface area (Å²) in [5.41, 5.74) is -1.17. The fourth-order valence-corrected chi connectivity index (χ4v) is 2.92. The zero-order chi connectivity index (χ0) is 23.9. The fraction of sp³-hybridized carbons (Fsp3) is 0.652. The summed E-state index contributed by atoms with van der Waals surface area (Å²) in [6, 6.07) is 2.43. The molecule has 1 aromatic rings. The van der Waals surface area contributed by atoms with E-state index in [1.807, 2.05) is 20.8 Å². The van der Waals surface area contributed by atoms with E-state index in [9.17, 15) is 14.0 Å². The lowest BCUT2D eigenvalue weighted by molar-refractivity contribution is -0.138. The molecule has 1 aliphatic rings. The van der Waals surface area contributed by atoms with Gasteiger partial charge < -0.3 is 19.5 Å². The number of halogens is 2. The first-order valence-corrected chi connectivity index (χ1v) is 10.7. The van der Waals surface area contributed by atoms with E-state index in [1.54, 1.807) is 20.8 Å². The van der Waals surface area contributed by atoms with Crippen LogP contribution in [0.5, 0.6) is 5.75 Å². The maximum absolute atomic E-state index is 14.3. The summed E-state index contributed by atoms with van der Waals surface area (Å²) in [7, 11) is 0. The Morgan fingerprint density at radius 2 is 1.74 bits per heavy atom. The summed E-state index contributed by atoms with van der Waals surface area (Å²) >= 11 is 6.17. The van der Waals surface area contributed by atoms with Crippen LogP contribution in [0.2, 0.25) is 5.02 Å². The minimum Gasteiger partial charge on any atom is -0.491 e. The van der Waals surface area contributed by atoms with E-state index < -0.39 is 17.4 Å². The monoisotopic (exact) mass is 459 g/mol. The van der Waals surface area contributed by atoms with E-state index in [1.165, 1.54) is 6.07 Å². The van der Waals surface area contributed by atoms with E-state index in [0.717, 1.165) is 32.0 Å². The second-order valence-electron chi connectivity index (χ2n) is 9.94. The molecule has 0 amide bonds. The van der Waals surface area contributed by atoms with Crippen molar-refractivity contribution in [1.29, 1.82) is 0 Å². The highest BCUT2D eigenvalue weighted by atomic mass is 35.5. The highest BCUT2D eigenvalue weighted by Gasteiger charge is 2.28. The number of rotatable bonds is 5. The summed E-state index contributed by atoms with van der Waals surface area (Å²) in [5.74, 6) is -1.18. The molecule has 176 valence electrons. The van der Waals surface area contributed by atoms with Crippen molar-refractivity contribution < 1.29 is 28.2 Å². The van der Waals surface area contributed by atoms with Crippen molar-refractivity contribution in [2.75, 3.05) is 19.7 Å².